The van der Waals surface area contributed by atoms with Crippen molar-refractivity contribution < 1.29 is 0 Å². The molecule has 0 radical (unpaired) electrons. The molecule has 0 amide bonds. The molecule has 0 saturated heterocycles. The smallest absolute Gasteiger partial charge is 0.000791 e. The summed E-state index contributed by atoms with van der Waals surface area (Å²) < 4.78 is 0. The molecule has 0 fully saturated rings. The molecule has 698 valence electrons. The minimum Gasteiger partial charge on any atom is -0.0576 e. The van der Waals surface area contributed by atoms with E-state index in [-0.39, 0.29) is 86.6 Å². The molecule has 0 aliphatic heterocycles. The van der Waals surface area contributed by atoms with E-state index < -0.39 is 0 Å². The number of fused-ring (bicyclic) bond motifs is 5. The van der Waals surface area contributed by atoms with Crippen molar-refractivity contribution in [3.8, 4) is 0 Å². The average Bonchev–Trinajstić information content (AvgIpc) is 0.666. The molecule has 0 nitrogen and oxygen atoms in total. The molecule has 132 heavy (non-hydrogen) atoms. The summed E-state index contributed by atoms with van der Waals surface area (Å²) in [5.41, 5.74) is 24.8. The van der Waals surface area contributed by atoms with Crippen LogP contribution in [-0.2, 0) is 86.6 Å². The Morgan fingerprint density at radius 2 is 0.212 bits per heavy atom. The molecule has 0 heterocycles. The number of hydrogen-bond donors (Lipinski definition) is 0. The van der Waals surface area contributed by atoms with Crippen LogP contribution in [0.1, 0.15) is 421 Å². The summed E-state index contributed by atoms with van der Waals surface area (Å²) in [5.74, 6) is 0. The van der Waals surface area contributed by atoms with Gasteiger partial charge in [-0.1, -0.05) is 454 Å². The first-order valence-electron chi connectivity index (χ1n) is 50.3. The van der Waals surface area contributed by atoms with Crippen molar-refractivity contribution in [1.82, 2.24) is 0 Å². The first-order chi connectivity index (χ1) is 59.6. The second kappa shape index (κ2) is 31.4. The van der Waals surface area contributed by atoms with Crippen molar-refractivity contribution in [1.29, 1.82) is 0 Å². The zero-order valence-corrected chi connectivity index (χ0v) is 92.0. The van der Waals surface area contributed by atoms with Crippen molar-refractivity contribution in [3.63, 3.8) is 0 Å². The Balaban J connectivity index is 0.000000144. The van der Waals surface area contributed by atoms with Crippen molar-refractivity contribution in [3.05, 3.63) is 247 Å². The van der Waals surface area contributed by atoms with E-state index in [1.807, 2.05) is 0 Å². The Morgan fingerprint density at radius 1 is 0.0909 bits per heavy atom. The summed E-state index contributed by atoms with van der Waals surface area (Å²) in [6.45, 7) is 113. The molecule has 0 aliphatic rings. The summed E-state index contributed by atoms with van der Waals surface area (Å²) >= 11 is 0. The van der Waals surface area contributed by atoms with E-state index in [1.165, 1.54) is 229 Å². The van der Waals surface area contributed by atoms with Gasteiger partial charge in [0.1, 0.15) is 0 Å². The van der Waals surface area contributed by atoms with Gasteiger partial charge in [0.25, 0.3) is 0 Å². The van der Waals surface area contributed by atoms with Crippen LogP contribution in [0.25, 0.3) is 140 Å². The molecule has 0 atom stereocenters. The standard InChI is InChI=1S/C40H44.C36H44.C30H42.C26H40/c1-37(2,3)25-17-21-13-14-23-19-27(39(7,8)9)34-28(40(10,11)12)20-24-16-15-22-18-26(38(4,5)6)33(25)35-29(21)31(23)36(34)32(24)30(22)35;1-33(2,3)25-17-13-21-23-15-19-27(35(7,8)9)32-28(36(10,11)12)20-16-24(30(23)32)22-14-18-26(34(4,5)6)31(25)29(21)22;1-27(2,3)23-15-19-13-21-17-25(29(7,8)9)26(30(10,11)12)18-22(21)14-20(19)16-24(23)28(4,5)6;1-23(2,3)17-13-14-19(25(7,8)9)22-20(26(10,11)12)16-15-18(21(17)22)24(4,5)6/h13-20H,1-12H3;13-20H,1-12H3;13-18H,1-12H3;13-16H,1-12H3. The second-order valence-electron chi connectivity index (χ2n) is 57.3. The highest BCUT2D eigenvalue weighted by Gasteiger charge is 2.39. The number of rotatable bonds is 0. The summed E-state index contributed by atoms with van der Waals surface area (Å²) in [6, 6.07) is 63.2. The normalized spacial score (nSPS) is 14.2. The third-order valence-electron chi connectivity index (χ3n) is 29.4. The highest BCUT2D eigenvalue weighted by molar-refractivity contribution is 6.46. The van der Waals surface area contributed by atoms with Crippen LogP contribution in [0.2, 0.25) is 0 Å². The van der Waals surface area contributed by atoms with E-state index in [9.17, 15) is 0 Å². The summed E-state index contributed by atoms with van der Waals surface area (Å²) in [4.78, 5) is 0. The summed E-state index contributed by atoms with van der Waals surface area (Å²) in [7, 11) is 0. The Hall–Kier alpha value is -8.84. The number of benzene rings is 17. The zero-order chi connectivity index (χ0) is 98.6. The van der Waals surface area contributed by atoms with Crippen molar-refractivity contribution in [2.75, 3.05) is 0 Å². The third-order valence-corrected chi connectivity index (χ3v) is 29.4. The lowest BCUT2D eigenvalue weighted by atomic mass is 9.70. The van der Waals surface area contributed by atoms with Crippen LogP contribution in [0.5, 0.6) is 0 Å². The molecule has 17 aromatic carbocycles. The fourth-order valence-electron chi connectivity index (χ4n) is 22.7. The monoisotopic (exact) mass is 1760 g/mol. The summed E-state index contributed by atoms with van der Waals surface area (Å²) in [6.07, 6.45) is 0. The first-order valence-corrected chi connectivity index (χ1v) is 50.3. The second-order valence-corrected chi connectivity index (χ2v) is 57.3. The van der Waals surface area contributed by atoms with E-state index in [1.54, 1.807) is 0 Å². The molecule has 0 saturated carbocycles. The van der Waals surface area contributed by atoms with Crippen molar-refractivity contribution in [2.24, 2.45) is 0 Å². The Bertz CT molecular complexity index is 6510. The highest BCUT2D eigenvalue weighted by Crippen LogP contribution is 2.58. The minimum absolute atomic E-state index is 0.0342. The van der Waals surface area contributed by atoms with Gasteiger partial charge in [-0.25, -0.2) is 0 Å². The van der Waals surface area contributed by atoms with Crippen molar-refractivity contribution in [2.45, 2.75) is 419 Å². The molecule has 0 aliphatic carbocycles. The highest BCUT2D eigenvalue weighted by atomic mass is 14.4. The lowest BCUT2D eigenvalue weighted by Gasteiger charge is -2.34. The Kier molecular flexibility index (Phi) is 23.5. The van der Waals surface area contributed by atoms with Crippen LogP contribution in [0.15, 0.2) is 158 Å². The molecule has 17 rings (SSSR count). The largest absolute Gasteiger partial charge is 0.0576 e. The van der Waals surface area contributed by atoms with Gasteiger partial charge in [-0.15, -0.1) is 0 Å². The molecule has 0 bridgehead atoms. The third kappa shape index (κ3) is 17.6. The van der Waals surface area contributed by atoms with Crippen LogP contribution < -0.4 is 0 Å². The van der Waals surface area contributed by atoms with Gasteiger partial charge in [0.15, 0.2) is 0 Å². The predicted octanol–water partition coefficient (Wildman–Crippen LogP) is 40.2. The van der Waals surface area contributed by atoms with Crippen LogP contribution in [0.3, 0.4) is 0 Å². The molecule has 0 unspecified atom stereocenters. The quantitative estimate of drug-likeness (QED) is 0.105. The first kappa shape index (κ1) is 99.1. The van der Waals surface area contributed by atoms with Crippen molar-refractivity contribution >= 4 is 140 Å². The van der Waals surface area contributed by atoms with Gasteiger partial charge < -0.3 is 0 Å². The van der Waals surface area contributed by atoms with E-state index >= 15 is 0 Å². The van der Waals surface area contributed by atoms with E-state index in [4.69, 9.17) is 0 Å². The maximum absolute atomic E-state index is 2.53. The van der Waals surface area contributed by atoms with Crippen LogP contribution in [0, 0.1) is 0 Å². The molecule has 0 N–H and O–H groups in total. The fourth-order valence-corrected chi connectivity index (χ4v) is 22.7. The fraction of sp³-hybridized carbons (Fsp3) is 0.485. The van der Waals surface area contributed by atoms with Crippen LogP contribution in [0.4, 0.5) is 0 Å². The molecular weight excluding hydrogens is 1590 g/mol. The maximum atomic E-state index is 2.53. The zero-order valence-electron chi connectivity index (χ0n) is 92.0. The van der Waals surface area contributed by atoms with Crippen LogP contribution in [-0.4, -0.2) is 0 Å². The van der Waals surface area contributed by atoms with E-state index in [2.05, 4.69) is 490 Å². The molecule has 0 aromatic heterocycles. The van der Waals surface area contributed by atoms with E-state index in [0.29, 0.717) is 0 Å². The van der Waals surface area contributed by atoms with Gasteiger partial charge >= 0.3 is 0 Å². The summed E-state index contributed by atoms with van der Waals surface area (Å²) in [5, 5.41) is 37.1. The topological polar surface area (TPSA) is 0 Å². The van der Waals surface area contributed by atoms with Gasteiger partial charge in [0.05, 0.1) is 0 Å². The molecule has 0 spiro atoms. The average molecular weight is 1760 g/mol. The SMILES string of the molecule is CC(C)(C)c1cc2cc3cc(C(C)(C)C)c(C(C)(C)C)cc3cc2cc1C(C)(C)C.CC(C)(C)c1cc2ccc3cc(C(C)(C)C)c4c(C(C)(C)C)cc5ccc6cc(C(C)(C)C)c1c1c2c3c4c5c61.CC(C)(C)c1ccc(C(C)(C)C)c2c(C(C)(C)C)ccc(C(C)(C)C)c12.CC(C)(C)c1ccc2c3ccc(C(C)(C)C)c4c(C(C)(C)C)ccc(c5ccc(C(C)(C)C)c1c25)c43. The van der Waals surface area contributed by atoms with Gasteiger partial charge in [-0.2, -0.15) is 0 Å². The van der Waals surface area contributed by atoms with E-state index in [0.717, 1.165) is 0 Å². The Morgan fingerprint density at radius 3 is 0.356 bits per heavy atom. The van der Waals surface area contributed by atoms with Gasteiger partial charge in [0, 0.05) is 0 Å². The lowest BCUT2D eigenvalue weighted by Crippen LogP contribution is -2.23. The molecular formula is C132H170. The number of hydrogen-bond acceptors (Lipinski definition) is 0. The van der Waals surface area contributed by atoms with Gasteiger partial charge in [-0.05, 0) is 352 Å². The minimum atomic E-state index is 0.0342. The van der Waals surface area contributed by atoms with Crippen LogP contribution >= 0.6 is 0 Å². The molecule has 17 aromatic rings. The maximum Gasteiger partial charge on any atom is -0.000791 e. The predicted molar refractivity (Wildman–Crippen MR) is 597 cm³/mol. The lowest BCUT2D eigenvalue weighted by molar-refractivity contribution is 0.531. The Labute approximate surface area is 800 Å². The molecule has 0 heteroatoms. The van der Waals surface area contributed by atoms with Gasteiger partial charge in [0.2, 0.25) is 0 Å². The van der Waals surface area contributed by atoms with Gasteiger partial charge in [-0.3, -0.25) is 0 Å².